The summed E-state index contributed by atoms with van der Waals surface area (Å²) in [5.74, 6) is -0.143. The van der Waals surface area contributed by atoms with Crippen molar-refractivity contribution in [2.45, 2.75) is 5.50 Å². The molecule has 0 aliphatic carbocycles. The molecule has 1 atom stereocenters. The molecule has 1 aromatic heterocycles. The van der Waals surface area contributed by atoms with Crippen molar-refractivity contribution in [3.8, 4) is 0 Å². The lowest BCUT2D eigenvalue weighted by molar-refractivity contribution is 0.227. The lowest BCUT2D eigenvalue weighted by Crippen LogP contribution is -2.32. The highest BCUT2D eigenvalue weighted by atomic mass is 35.5. The second-order valence-electron chi connectivity index (χ2n) is 2.54. The van der Waals surface area contributed by atoms with Gasteiger partial charge in [0.1, 0.15) is 17.8 Å². The van der Waals surface area contributed by atoms with Crippen LogP contribution < -0.4 is 5.06 Å². The molecule has 2 heterocycles. The van der Waals surface area contributed by atoms with Crippen LogP contribution in [-0.2, 0) is 0 Å². The van der Waals surface area contributed by atoms with Gasteiger partial charge in [0.15, 0.2) is 5.50 Å². The summed E-state index contributed by atoms with van der Waals surface area (Å²) in [4.78, 5) is 7.57. The molecule has 0 spiro atoms. The molecule has 1 unspecified atom stereocenters. The molecule has 2 rings (SSSR count). The van der Waals surface area contributed by atoms with E-state index < -0.39 is 5.50 Å². The van der Waals surface area contributed by atoms with E-state index in [4.69, 9.17) is 11.6 Å². The van der Waals surface area contributed by atoms with Crippen molar-refractivity contribution >= 4 is 23.4 Å². The Morgan fingerprint density at radius 1 is 1.54 bits per heavy atom. The Balaban J connectivity index is 2.56. The summed E-state index contributed by atoms with van der Waals surface area (Å²) in [5, 5.41) is 19.4. The minimum absolute atomic E-state index is 0.143. The molecule has 0 amide bonds. The lowest BCUT2D eigenvalue weighted by atomic mass is 10.2. The van der Waals surface area contributed by atoms with E-state index in [9.17, 15) is 10.3 Å². The van der Waals surface area contributed by atoms with Crippen molar-refractivity contribution in [2.75, 3.05) is 5.06 Å². The molecule has 5 nitrogen and oxygen atoms in total. The first-order valence-corrected chi connectivity index (χ1v) is 3.96. The Labute approximate surface area is 78.9 Å². The second kappa shape index (κ2) is 2.86. The second-order valence-corrected chi connectivity index (χ2v) is 2.96. The number of aliphatic hydroxyl groups excluding tert-OH is 1. The Hall–Kier alpha value is -1.33. The molecule has 0 aromatic carbocycles. The number of halogens is 1. The molecular weight excluding hydrogens is 194 g/mol. The van der Waals surface area contributed by atoms with E-state index in [0.717, 1.165) is 0 Å². The highest BCUT2D eigenvalue weighted by Gasteiger charge is 2.26. The topological polar surface area (TPSA) is 69.5 Å². The van der Waals surface area contributed by atoms with E-state index in [2.05, 4.69) is 9.97 Å². The minimum Gasteiger partial charge on any atom is -0.509 e. The zero-order valence-electron chi connectivity index (χ0n) is 6.42. The number of hydroxylamine groups is 1. The average molecular weight is 200 g/mol. The fraction of sp³-hybridized carbons (Fsp3) is 0.143. The number of hydrogen-bond acceptors (Lipinski definition) is 5. The molecule has 2 N–H and O–H groups in total. The standard InChI is InChI=1S/C7H6ClN3O2/c8-7-6(12)1-4-5(11(7)13)2-9-3-10-4/h1-3,7,12-13H. The molecule has 0 bridgehead atoms. The van der Waals surface area contributed by atoms with Crippen LogP contribution in [0.5, 0.6) is 0 Å². The maximum Gasteiger partial charge on any atom is 0.186 e. The largest absolute Gasteiger partial charge is 0.509 e. The summed E-state index contributed by atoms with van der Waals surface area (Å²) in [6.45, 7) is 0. The van der Waals surface area contributed by atoms with Crippen LogP contribution >= 0.6 is 11.6 Å². The third kappa shape index (κ3) is 1.22. The van der Waals surface area contributed by atoms with E-state index in [0.29, 0.717) is 16.4 Å². The molecular formula is C7H6ClN3O2. The number of fused-ring (bicyclic) bond motifs is 1. The van der Waals surface area contributed by atoms with Gasteiger partial charge in [0, 0.05) is 6.08 Å². The number of alkyl halides is 1. The molecule has 0 saturated heterocycles. The zero-order valence-corrected chi connectivity index (χ0v) is 7.18. The van der Waals surface area contributed by atoms with Gasteiger partial charge in [-0.15, -0.1) is 0 Å². The number of anilines is 1. The number of rotatable bonds is 0. The fourth-order valence-electron chi connectivity index (χ4n) is 1.08. The summed E-state index contributed by atoms with van der Waals surface area (Å²) >= 11 is 5.65. The first-order valence-electron chi connectivity index (χ1n) is 3.53. The number of hydrogen-bond donors (Lipinski definition) is 2. The third-order valence-corrected chi connectivity index (χ3v) is 2.12. The van der Waals surface area contributed by atoms with Crippen LogP contribution in [0, 0.1) is 0 Å². The molecule has 0 radical (unpaired) electrons. The number of aromatic nitrogens is 2. The Bertz CT molecular complexity index is 369. The van der Waals surface area contributed by atoms with Crippen molar-refractivity contribution in [3.05, 3.63) is 24.0 Å². The SMILES string of the molecule is OC1=Cc2ncncc2N(O)C1Cl. The van der Waals surface area contributed by atoms with Crippen LogP contribution in [-0.4, -0.2) is 25.8 Å². The van der Waals surface area contributed by atoms with Crippen LogP contribution in [0.4, 0.5) is 5.69 Å². The quantitative estimate of drug-likeness (QED) is 0.485. The molecule has 68 valence electrons. The van der Waals surface area contributed by atoms with Gasteiger partial charge in [-0.25, -0.2) is 15.0 Å². The first kappa shape index (κ1) is 8.28. The summed E-state index contributed by atoms with van der Waals surface area (Å²) < 4.78 is 0. The van der Waals surface area contributed by atoms with E-state index in [1.165, 1.54) is 18.6 Å². The van der Waals surface area contributed by atoms with Crippen LogP contribution in [0.3, 0.4) is 0 Å². The van der Waals surface area contributed by atoms with Crippen LogP contribution in [0.25, 0.3) is 6.08 Å². The van der Waals surface area contributed by atoms with Gasteiger partial charge >= 0.3 is 0 Å². The van der Waals surface area contributed by atoms with Crippen molar-refractivity contribution in [3.63, 3.8) is 0 Å². The molecule has 0 saturated carbocycles. The van der Waals surface area contributed by atoms with Gasteiger partial charge in [-0.05, 0) is 0 Å². The summed E-state index contributed by atoms with van der Waals surface area (Å²) in [6, 6.07) is 0. The normalized spacial score (nSPS) is 20.9. The molecule has 6 heteroatoms. The van der Waals surface area contributed by atoms with Gasteiger partial charge in [0.05, 0.1) is 11.9 Å². The van der Waals surface area contributed by atoms with Crippen LogP contribution in [0.15, 0.2) is 18.3 Å². The molecule has 1 aliphatic heterocycles. The van der Waals surface area contributed by atoms with Gasteiger partial charge in [-0.1, -0.05) is 11.6 Å². The van der Waals surface area contributed by atoms with E-state index >= 15 is 0 Å². The maximum absolute atomic E-state index is 9.42. The average Bonchev–Trinajstić information content (AvgIpc) is 2.15. The smallest absolute Gasteiger partial charge is 0.186 e. The van der Waals surface area contributed by atoms with Crippen molar-refractivity contribution in [1.82, 2.24) is 9.97 Å². The van der Waals surface area contributed by atoms with Crippen molar-refractivity contribution in [2.24, 2.45) is 0 Å². The predicted octanol–water partition coefficient (Wildman–Crippen LogP) is 1.15. The van der Waals surface area contributed by atoms with Gasteiger partial charge in [0.25, 0.3) is 0 Å². The van der Waals surface area contributed by atoms with Gasteiger partial charge in [-0.3, -0.25) is 5.21 Å². The highest BCUT2D eigenvalue weighted by Crippen LogP contribution is 2.29. The fourth-order valence-corrected chi connectivity index (χ4v) is 1.24. The van der Waals surface area contributed by atoms with E-state index in [1.54, 1.807) is 0 Å². The molecule has 13 heavy (non-hydrogen) atoms. The van der Waals surface area contributed by atoms with Crippen LogP contribution in [0.2, 0.25) is 0 Å². The third-order valence-electron chi connectivity index (χ3n) is 1.71. The first-order chi connectivity index (χ1) is 6.20. The Morgan fingerprint density at radius 2 is 2.31 bits per heavy atom. The van der Waals surface area contributed by atoms with Crippen molar-refractivity contribution < 1.29 is 10.3 Å². The molecule has 1 aromatic rings. The summed E-state index contributed by atoms with van der Waals surface area (Å²) in [6.07, 6.45) is 4.13. The van der Waals surface area contributed by atoms with E-state index in [-0.39, 0.29) is 5.76 Å². The summed E-state index contributed by atoms with van der Waals surface area (Å²) in [5.41, 5.74) is -0.161. The monoisotopic (exact) mass is 199 g/mol. The lowest BCUT2D eigenvalue weighted by Gasteiger charge is -2.26. The Morgan fingerprint density at radius 3 is 3.08 bits per heavy atom. The van der Waals surface area contributed by atoms with Crippen molar-refractivity contribution in [1.29, 1.82) is 0 Å². The van der Waals surface area contributed by atoms with Gasteiger partial charge < -0.3 is 5.11 Å². The number of aliphatic hydroxyl groups is 1. The predicted molar refractivity (Wildman–Crippen MR) is 46.5 cm³/mol. The molecule has 0 fully saturated rings. The summed E-state index contributed by atoms with van der Waals surface area (Å²) in [7, 11) is 0. The zero-order chi connectivity index (χ0) is 9.42. The minimum atomic E-state index is -0.974. The van der Waals surface area contributed by atoms with Crippen LogP contribution in [0.1, 0.15) is 5.69 Å². The van der Waals surface area contributed by atoms with Gasteiger partial charge in [0.2, 0.25) is 0 Å². The maximum atomic E-state index is 9.42. The molecule has 1 aliphatic rings. The highest BCUT2D eigenvalue weighted by molar-refractivity contribution is 6.24. The van der Waals surface area contributed by atoms with Gasteiger partial charge in [-0.2, -0.15) is 0 Å². The van der Waals surface area contributed by atoms with E-state index in [1.807, 2.05) is 0 Å². The number of nitrogens with zero attached hydrogens (tertiary/aromatic N) is 3. The Kier molecular flexibility index (Phi) is 1.82.